The number of amides is 2. The van der Waals surface area contributed by atoms with E-state index in [0.717, 1.165) is 18.4 Å². The van der Waals surface area contributed by atoms with Crippen LogP contribution in [0.3, 0.4) is 0 Å². The molecule has 1 aromatic carbocycles. The largest absolute Gasteiger partial charge is 0.346 e. The summed E-state index contributed by atoms with van der Waals surface area (Å²) in [5.74, 6) is -1.55. The van der Waals surface area contributed by atoms with Crippen LogP contribution in [0.5, 0.6) is 0 Å². The molecule has 2 N–H and O–H groups in total. The Kier molecular flexibility index (Phi) is 6.48. The lowest BCUT2D eigenvalue weighted by atomic mass is 10.1. The predicted molar refractivity (Wildman–Crippen MR) is 109 cm³/mol. The summed E-state index contributed by atoms with van der Waals surface area (Å²) in [6.07, 6.45) is 2.26. The maximum Gasteiger partial charge on any atom is 0.313 e. The number of thiophene rings is 1. The van der Waals surface area contributed by atoms with E-state index in [0.29, 0.717) is 22.9 Å². The molecule has 1 saturated heterocycles. The molecule has 0 aliphatic carbocycles. The summed E-state index contributed by atoms with van der Waals surface area (Å²) < 4.78 is 27.2. The molecule has 9 heteroatoms. The molecule has 0 spiro atoms. The molecule has 0 saturated carbocycles. The van der Waals surface area contributed by atoms with Gasteiger partial charge in [0.05, 0.1) is 0 Å². The molecule has 2 amide bonds. The van der Waals surface area contributed by atoms with Gasteiger partial charge < -0.3 is 10.6 Å². The second-order valence-electron chi connectivity index (χ2n) is 6.56. The molecule has 1 fully saturated rings. The molecule has 28 heavy (non-hydrogen) atoms. The molecular formula is C19H23N3O4S2. The SMILES string of the molecule is CCc1ccc(NC(=O)C(=O)NC[C@@H]2CCCN2S(=O)(=O)c2cccs2)cc1. The van der Waals surface area contributed by atoms with Crippen molar-refractivity contribution in [1.82, 2.24) is 9.62 Å². The van der Waals surface area contributed by atoms with Crippen molar-refractivity contribution in [3.63, 3.8) is 0 Å². The fraction of sp³-hybridized carbons (Fsp3) is 0.368. The number of nitrogens with zero attached hydrogens (tertiary/aromatic N) is 1. The Morgan fingerprint density at radius 2 is 1.93 bits per heavy atom. The van der Waals surface area contributed by atoms with Crippen LogP contribution in [-0.2, 0) is 26.0 Å². The van der Waals surface area contributed by atoms with E-state index >= 15 is 0 Å². The van der Waals surface area contributed by atoms with Crippen LogP contribution in [0.15, 0.2) is 46.0 Å². The van der Waals surface area contributed by atoms with Crippen molar-refractivity contribution in [1.29, 1.82) is 0 Å². The quantitative estimate of drug-likeness (QED) is 0.699. The number of nitrogens with one attached hydrogen (secondary N) is 2. The molecule has 3 rings (SSSR count). The maximum absolute atomic E-state index is 12.7. The van der Waals surface area contributed by atoms with Gasteiger partial charge in [-0.25, -0.2) is 8.42 Å². The van der Waals surface area contributed by atoms with Gasteiger partial charge in [-0.05, 0) is 48.4 Å². The number of rotatable bonds is 6. The molecule has 0 unspecified atom stereocenters. The lowest BCUT2D eigenvalue weighted by Crippen LogP contribution is -2.45. The van der Waals surface area contributed by atoms with Crippen LogP contribution in [0, 0.1) is 0 Å². The zero-order valence-electron chi connectivity index (χ0n) is 15.6. The Hall–Kier alpha value is -2.23. The van der Waals surface area contributed by atoms with E-state index in [-0.39, 0.29) is 12.6 Å². The Balaban J connectivity index is 1.56. The van der Waals surface area contributed by atoms with Gasteiger partial charge in [0.2, 0.25) is 0 Å². The number of aryl methyl sites for hydroxylation is 1. The third-order valence-corrected chi connectivity index (χ3v) is 8.03. The van der Waals surface area contributed by atoms with Gasteiger partial charge in [0.1, 0.15) is 4.21 Å². The minimum atomic E-state index is -3.57. The number of carbonyl (C=O) groups is 2. The number of benzene rings is 1. The number of anilines is 1. The third kappa shape index (κ3) is 4.60. The van der Waals surface area contributed by atoms with E-state index in [9.17, 15) is 18.0 Å². The summed E-state index contributed by atoms with van der Waals surface area (Å²) in [6.45, 7) is 2.55. The van der Waals surface area contributed by atoms with Crippen molar-refractivity contribution < 1.29 is 18.0 Å². The zero-order valence-corrected chi connectivity index (χ0v) is 17.2. The fourth-order valence-corrected chi connectivity index (χ4v) is 5.97. The molecule has 0 bridgehead atoms. The van der Waals surface area contributed by atoms with Crippen molar-refractivity contribution >= 4 is 38.9 Å². The fourth-order valence-electron chi connectivity index (χ4n) is 3.16. The van der Waals surface area contributed by atoms with E-state index in [4.69, 9.17) is 0 Å². The van der Waals surface area contributed by atoms with Crippen LogP contribution < -0.4 is 10.6 Å². The number of carbonyl (C=O) groups excluding carboxylic acids is 2. The van der Waals surface area contributed by atoms with Crippen LogP contribution in [0.25, 0.3) is 0 Å². The van der Waals surface area contributed by atoms with Crippen molar-refractivity contribution in [2.45, 2.75) is 36.4 Å². The molecule has 1 aliphatic heterocycles. The molecule has 2 heterocycles. The topological polar surface area (TPSA) is 95.6 Å². The van der Waals surface area contributed by atoms with E-state index in [1.54, 1.807) is 29.6 Å². The van der Waals surface area contributed by atoms with Gasteiger partial charge in [-0.1, -0.05) is 25.1 Å². The Morgan fingerprint density at radius 1 is 1.18 bits per heavy atom. The van der Waals surface area contributed by atoms with Gasteiger partial charge in [0.25, 0.3) is 10.0 Å². The van der Waals surface area contributed by atoms with Gasteiger partial charge in [-0.15, -0.1) is 11.3 Å². The molecular weight excluding hydrogens is 398 g/mol. The zero-order chi connectivity index (χ0) is 20.1. The second-order valence-corrected chi connectivity index (χ2v) is 9.62. The summed E-state index contributed by atoms with van der Waals surface area (Å²) in [7, 11) is -3.57. The number of sulfonamides is 1. The summed E-state index contributed by atoms with van der Waals surface area (Å²) in [4.78, 5) is 24.2. The highest BCUT2D eigenvalue weighted by Gasteiger charge is 2.36. The van der Waals surface area contributed by atoms with Crippen molar-refractivity contribution in [3.05, 3.63) is 47.3 Å². The minimum Gasteiger partial charge on any atom is -0.346 e. The standard InChI is InChI=1S/C19H23N3O4S2/c1-2-14-7-9-15(10-8-14)21-19(24)18(23)20-13-16-5-3-11-22(16)28(25,26)17-6-4-12-27-17/h4,6-10,12,16H,2-3,5,11,13H2,1H3,(H,20,23)(H,21,24)/t16-/m0/s1. The molecule has 1 aromatic heterocycles. The van der Waals surface area contributed by atoms with Gasteiger partial charge >= 0.3 is 11.8 Å². The Morgan fingerprint density at radius 3 is 2.57 bits per heavy atom. The number of hydrogen-bond donors (Lipinski definition) is 2. The van der Waals surface area contributed by atoms with Crippen molar-refractivity contribution in [2.75, 3.05) is 18.4 Å². The van der Waals surface area contributed by atoms with Crippen LogP contribution in [0.1, 0.15) is 25.3 Å². The third-order valence-electron chi connectivity index (χ3n) is 4.71. The van der Waals surface area contributed by atoms with Gasteiger partial charge in [-0.3, -0.25) is 9.59 Å². The maximum atomic E-state index is 12.7. The average Bonchev–Trinajstić information content (AvgIpc) is 3.39. The molecule has 1 atom stereocenters. The smallest absolute Gasteiger partial charge is 0.313 e. The van der Waals surface area contributed by atoms with Crippen LogP contribution >= 0.6 is 11.3 Å². The second kappa shape index (κ2) is 8.85. The predicted octanol–water partition coefficient (Wildman–Crippen LogP) is 2.22. The molecule has 1 aliphatic rings. The summed E-state index contributed by atoms with van der Waals surface area (Å²) in [5.41, 5.74) is 1.68. The van der Waals surface area contributed by atoms with Gasteiger partial charge in [0.15, 0.2) is 0 Å². The lowest BCUT2D eigenvalue weighted by Gasteiger charge is -2.23. The monoisotopic (exact) mass is 421 g/mol. The van der Waals surface area contributed by atoms with Crippen LogP contribution in [0.4, 0.5) is 5.69 Å². The first-order chi connectivity index (χ1) is 13.4. The highest BCUT2D eigenvalue weighted by atomic mass is 32.2. The van der Waals surface area contributed by atoms with Crippen molar-refractivity contribution in [2.24, 2.45) is 0 Å². The molecule has 7 nitrogen and oxygen atoms in total. The summed E-state index contributed by atoms with van der Waals surface area (Å²) in [5, 5.41) is 6.83. The van der Waals surface area contributed by atoms with E-state index in [1.165, 1.54) is 15.6 Å². The molecule has 0 radical (unpaired) electrons. The van der Waals surface area contributed by atoms with Gasteiger partial charge in [0, 0.05) is 24.8 Å². The number of hydrogen-bond acceptors (Lipinski definition) is 5. The first-order valence-corrected chi connectivity index (χ1v) is 11.5. The first kappa shape index (κ1) is 20.5. The van der Waals surface area contributed by atoms with E-state index < -0.39 is 21.8 Å². The van der Waals surface area contributed by atoms with E-state index in [1.807, 2.05) is 19.1 Å². The molecule has 150 valence electrons. The average molecular weight is 422 g/mol. The molecule has 2 aromatic rings. The van der Waals surface area contributed by atoms with Gasteiger partial charge in [-0.2, -0.15) is 4.31 Å². The summed E-state index contributed by atoms with van der Waals surface area (Å²) >= 11 is 1.17. The minimum absolute atomic E-state index is 0.103. The normalized spacial score (nSPS) is 17.4. The Bertz CT molecular complexity index is 925. The Labute approximate surface area is 168 Å². The van der Waals surface area contributed by atoms with E-state index in [2.05, 4.69) is 10.6 Å². The van der Waals surface area contributed by atoms with Crippen LogP contribution in [0.2, 0.25) is 0 Å². The van der Waals surface area contributed by atoms with Crippen molar-refractivity contribution in [3.8, 4) is 0 Å². The first-order valence-electron chi connectivity index (χ1n) is 9.15. The highest BCUT2D eigenvalue weighted by Crippen LogP contribution is 2.28. The lowest BCUT2D eigenvalue weighted by molar-refractivity contribution is -0.136. The highest BCUT2D eigenvalue weighted by molar-refractivity contribution is 7.91. The summed E-state index contributed by atoms with van der Waals surface area (Å²) in [6, 6.07) is 10.2. The van der Waals surface area contributed by atoms with Crippen LogP contribution in [-0.4, -0.2) is 43.7 Å².